The quantitative estimate of drug-likeness (QED) is 0.807. The van der Waals surface area contributed by atoms with E-state index in [1.165, 1.54) is 6.42 Å². The first-order valence-corrected chi connectivity index (χ1v) is 9.83. The summed E-state index contributed by atoms with van der Waals surface area (Å²) >= 11 is 0. The molecule has 1 saturated heterocycles. The predicted molar refractivity (Wildman–Crippen MR) is 102 cm³/mol. The summed E-state index contributed by atoms with van der Waals surface area (Å²) in [5, 5.41) is 3.00. The maximum absolute atomic E-state index is 12.5. The van der Waals surface area contributed by atoms with E-state index in [9.17, 15) is 14.4 Å². The number of nitrogens with zero attached hydrogens (tertiary/aromatic N) is 1. The van der Waals surface area contributed by atoms with Gasteiger partial charge in [0, 0.05) is 19.0 Å². The first-order valence-electron chi connectivity index (χ1n) is 9.83. The molecule has 2 fully saturated rings. The molecule has 3 rings (SSSR count). The number of anilines is 1. The van der Waals surface area contributed by atoms with Crippen molar-refractivity contribution in [1.82, 2.24) is 5.32 Å². The van der Waals surface area contributed by atoms with Crippen molar-refractivity contribution in [3.05, 3.63) is 29.8 Å². The molecule has 0 radical (unpaired) electrons. The Hall–Kier alpha value is -2.37. The van der Waals surface area contributed by atoms with Crippen LogP contribution in [-0.4, -0.2) is 37.0 Å². The Morgan fingerprint density at radius 1 is 1.19 bits per heavy atom. The van der Waals surface area contributed by atoms with Crippen LogP contribution in [0.3, 0.4) is 0 Å². The molecule has 0 aromatic heterocycles. The number of benzene rings is 1. The monoisotopic (exact) mass is 372 g/mol. The Bertz CT molecular complexity index is 718. The van der Waals surface area contributed by atoms with Gasteiger partial charge in [-0.3, -0.25) is 9.59 Å². The predicted octanol–water partition coefficient (Wildman–Crippen LogP) is 2.91. The van der Waals surface area contributed by atoms with E-state index in [1.807, 2.05) is 0 Å². The number of carbonyl (C=O) groups excluding carboxylic acids is 3. The van der Waals surface area contributed by atoms with Crippen LogP contribution in [0, 0.1) is 11.8 Å². The summed E-state index contributed by atoms with van der Waals surface area (Å²) in [6.45, 7) is 4.66. The molecule has 0 unspecified atom stereocenters. The molecule has 2 amide bonds. The van der Waals surface area contributed by atoms with Crippen LogP contribution in [0.1, 0.15) is 56.3 Å². The van der Waals surface area contributed by atoms with Crippen molar-refractivity contribution < 1.29 is 19.1 Å². The van der Waals surface area contributed by atoms with Gasteiger partial charge >= 0.3 is 5.97 Å². The molecule has 1 aliphatic carbocycles. The van der Waals surface area contributed by atoms with Gasteiger partial charge in [0.25, 0.3) is 5.91 Å². The molecular weight excluding hydrogens is 344 g/mol. The van der Waals surface area contributed by atoms with E-state index in [0.29, 0.717) is 36.1 Å². The van der Waals surface area contributed by atoms with Gasteiger partial charge < -0.3 is 15.0 Å². The van der Waals surface area contributed by atoms with Crippen molar-refractivity contribution in [2.45, 2.75) is 52.0 Å². The molecule has 1 saturated carbocycles. The summed E-state index contributed by atoms with van der Waals surface area (Å²) in [4.78, 5) is 38.4. The van der Waals surface area contributed by atoms with E-state index < -0.39 is 5.97 Å². The summed E-state index contributed by atoms with van der Waals surface area (Å²) in [6.07, 6.45) is 4.53. The number of rotatable bonds is 5. The highest BCUT2D eigenvalue weighted by Gasteiger charge is 2.29. The first-order chi connectivity index (χ1) is 13.0. The van der Waals surface area contributed by atoms with Crippen LogP contribution >= 0.6 is 0 Å². The first kappa shape index (κ1) is 19.4. The zero-order valence-corrected chi connectivity index (χ0v) is 16.1. The van der Waals surface area contributed by atoms with Crippen molar-refractivity contribution in [3.8, 4) is 0 Å². The van der Waals surface area contributed by atoms with Gasteiger partial charge in [0.05, 0.1) is 11.3 Å². The van der Waals surface area contributed by atoms with Gasteiger partial charge in [0.2, 0.25) is 5.91 Å². The van der Waals surface area contributed by atoms with Crippen molar-refractivity contribution >= 4 is 23.5 Å². The number of para-hydroxylation sites is 1. The molecule has 27 heavy (non-hydrogen) atoms. The van der Waals surface area contributed by atoms with Crippen molar-refractivity contribution in [1.29, 1.82) is 0 Å². The maximum atomic E-state index is 12.5. The van der Waals surface area contributed by atoms with Crippen LogP contribution < -0.4 is 10.2 Å². The lowest BCUT2D eigenvalue weighted by Gasteiger charge is -2.34. The number of nitrogens with one attached hydrogen (secondary N) is 1. The van der Waals surface area contributed by atoms with Crippen LogP contribution in [0.15, 0.2) is 24.3 Å². The zero-order valence-electron chi connectivity index (χ0n) is 16.1. The molecular formula is C21H28N2O4. The fourth-order valence-corrected chi connectivity index (χ4v) is 4.03. The molecule has 146 valence electrons. The van der Waals surface area contributed by atoms with Gasteiger partial charge in [-0.25, -0.2) is 4.79 Å². The Balaban J connectivity index is 1.58. The van der Waals surface area contributed by atoms with Crippen LogP contribution in [0.25, 0.3) is 0 Å². The molecule has 1 aliphatic heterocycles. The van der Waals surface area contributed by atoms with E-state index in [-0.39, 0.29) is 24.5 Å². The molecule has 0 spiro atoms. The third-order valence-electron chi connectivity index (χ3n) is 5.88. The lowest BCUT2D eigenvalue weighted by atomic mass is 9.78. The maximum Gasteiger partial charge on any atom is 0.340 e. The highest BCUT2D eigenvalue weighted by Crippen LogP contribution is 2.29. The topological polar surface area (TPSA) is 75.7 Å². The average molecular weight is 372 g/mol. The molecule has 3 atom stereocenters. The second-order valence-electron chi connectivity index (χ2n) is 7.68. The number of esters is 1. The van der Waals surface area contributed by atoms with Crippen LogP contribution in [0.2, 0.25) is 0 Å². The highest BCUT2D eigenvalue weighted by molar-refractivity contribution is 6.03. The second kappa shape index (κ2) is 8.55. The summed E-state index contributed by atoms with van der Waals surface area (Å²) in [5.41, 5.74) is 0.875. The molecule has 0 bridgehead atoms. The SMILES string of the molecule is C[C@@H]1[C@H](C)CCC[C@@H]1NC(=O)COC(=O)c1ccccc1N1CCCC1=O. The lowest BCUT2D eigenvalue weighted by Crippen LogP contribution is -2.45. The largest absolute Gasteiger partial charge is 0.452 e. The lowest BCUT2D eigenvalue weighted by molar-refractivity contribution is -0.125. The van der Waals surface area contributed by atoms with Crippen LogP contribution in [0.5, 0.6) is 0 Å². The van der Waals surface area contributed by atoms with Gasteiger partial charge in [-0.2, -0.15) is 0 Å². The third-order valence-corrected chi connectivity index (χ3v) is 5.88. The minimum absolute atomic E-state index is 0.00778. The highest BCUT2D eigenvalue weighted by atomic mass is 16.5. The Morgan fingerprint density at radius 3 is 2.70 bits per heavy atom. The van der Waals surface area contributed by atoms with E-state index >= 15 is 0 Å². The van der Waals surface area contributed by atoms with Crippen molar-refractivity contribution in [2.24, 2.45) is 11.8 Å². The Labute approximate surface area is 160 Å². The number of carbonyl (C=O) groups is 3. The second-order valence-corrected chi connectivity index (χ2v) is 7.68. The van der Waals surface area contributed by atoms with E-state index in [0.717, 1.165) is 19.3 Å². The van der Waals surface area contributed by atoms with Crippen LogP contribution in [0.4, 0.5) is 5.69 Å². The minimum atomic E-state index is -0.578. The van der Waals surface area contributed by atoms with Gasteiger partial charge in [0.1, 0.15) is 0 Å². The zero-order chi connectivity index (χ0) is 19.4. The Kier molecular flexibility index (Phi) is 6.14. The van der Waals surface area contributed by atoms with E-state index in [4.69, 9.17) is 4.74 Å². The average Bonchev–Trinajstić information content (AvgIpc) is 3.09. The number of hydrogen-bond donors (Lipinski definition) is 1. The molecule has 1 aromatic rings. The minimum Gasteiger partial charge on any atom is -0.452 e. The summed E-state index contributed by atoms with van der Waals surface area (Å²) in [6, 6.07) is 7.02. The fraction of sp³-hybridized carbons (Fsp3) is 0.571. The smallest absolute Gasteiger partial charge is 0.340 e. The van der Waals surface area contributed by atoms with Crippen molar-refractivity contribution in [3.63, 3.8) is 0 Å². The number of amides is 2. The van der Waals surface area contributed by atoms with E-state index in [1.54, 1.807) is 29.2 Å². The van der Waals surface area contributed by atoms with E-state index in [2.05, 4.69) is 19.2 Å². The summed E-state index contributed by atoms with van der Waals surface area (Å²) < 4.78 is 5.24. The molecule has 6 nitrogen and oxygen atoms in total. The van der Waals surface area contributed by atoms with Crippen molar-refractivity contribution in [2.75, 3.05) is 18.1 Å². The summed E-state index contributed by atoms with van der Waals surface area (Å²) in [7, 11) is 0. The van der Waals surface area contributed by atoms with Gasteiger partial charge in [-0.05, 0) is 36.8 Å². The standard InChI is InChI=1S/C21H28N2O4/c1-14-7-5-9-17(15(14)2)22-19(24)13-27-21(26)16-8-3-4-10-18(16)23-12-6-11-20(23)25/h3-4,8,10,14-15,17H,5-7,9,11-13H2,1-2H3,(H,22,24)/t14-,15-,17+/m1/s1. The van der Waals surface area contributed by atoms with Crippen LogP contribution in [-0.2, 0) is 14.3 Å². The van der Waals surface area contributed by atoms with Gasteiger partial charge in [0.15, 0.2) is 6.61 Å². The number of hydrogen-bond acceptors (Lipinski definition) is 4. The molecule has 1 heterocycles. The third kappa shape index (κ3) is 4.49. The molecule has 1 aromatic carbocycles. The fourth-order valence-electron chi connectivity index (χ4n) is 4.03. The normalized spacial score (nSPS) is 25.3. The van der Waals surface area contributed by atoms with Gasteiger partial charge in [-0.1, -0.05) is 38.8 Å². The molecule has 6 heteroatoms. The Morgan fingerprint density at radius 2 is 1.96 bits per heavy atom. The number of ether oxygens (including phenoxy) is 1. The molecule has 1 N–H and O–H groups in total. The van der Waals surface area contributed by atoms with Gasteiger partial charge in [-0.15, -0.1) is 0 Å². The molecule has 2 aliphatic rings. The summed E-state index contributed by atoms with van der Waals surface area (Å²) in [5.74, 6) is 0.153.